The number of aryl methyl sites for hydroxylation is 1. The van der Waals surface area contributed by atoms with Crippen LogP contribution in [0.1, 0.15) is 41.6 Å². The molecule has 2 heterocycles. The van der Waals surface area contributed by atoms with E-state index < -0.39 is 10.0 Å². The monoisotopic (exact) mass is 427 g/mol. The van der Waals surface area contributed by atoms with Gasteiger partial charge in [0.05, 0.1) is 4.90 Å². The van der Waals surface area contributed by atoms with E-state index in [-0.39, 0.29) is 16.8 Å². The zero-order valence-electron chi connectivity index (χ0n) is 17.4. The summed E-state index contributed by atoms with van der Waals surface area (Å²) in [7, 11) is -3.56. The van der Waals surface area contributed by atoms with E-state index in [0.29, 0.717) is 31.7 Å². The van der Waals surface area contributed by atoms with Crippen LogP contribution >= 0.6 is 0 Å². The Balaban J connectivity index is 1.49. The number of carbonyl (C=O) groups is 1. The van der Waals surface area contributed by atoms with Crippen LogP contribution in [0, 0.1) is 6.92 Å². The Bertz CT molecular complexity index is 1000. The van der Waals surface area contributed by atoms with Gasteiger partial charge in [0.1, 0.15) is 0 Å². The minimum absolute atomic E-state index is 0.0967. The Kier molecular flexibility index (Phi) is 6.11. The van der Waals surface area contributed by atoms with Gasteiger partial charge in [-0.25, -0.2) is 8.42 Å². The smallest absolute Gasteiger partial charge is 0.254 e. The predicted molar refractivity (Wildman–Crippen MR) is 118 cm³/mol. The summed E-state index contributed by atoms with van der Waals surface area (Å²) >= 11 is 0. The van der Waals surface area contributed by atoms with Crippen LogP contribution in [0.15, 0.2) is 53.4 Å². The summed E-state index contributed by atoms with van der Waals surface area (Å²) < 4.78 is 27.6. The van der Waals surface area contributed by atoms with Crippen molar-refractivity contribution in [3.63, 3.8) is 0 Å². The Morgan fingerprint density at radius 2 is 1.73 bits per heavy atom. The molecule has 2 aromatic rings. The topological polar surface area (TPSA) is 69.7 Å². The molecule has 7 heteroatoms. The fourth-order valence-electron chi connectivity index (χ4n) is 4.25. The lowest BCUT2D eigenvalue weighted by molar-refractivity contribution is 0.0790. The van der Waals surface area contributed by atoms with Crippen LogP contribution < -0.4 is 5.32 Å². The number of anilines is 1. The Labute approximate surface area is 178 Å². The van der Waals surface area contributed by atoms with Crippen molar-refractivity contribution in [3.05, 3.63) is 59.7 Å². The second kappa shape index (κ2) is 8.78. The summed E-state index contributed by atoms with van der Waals surface area (Å²) in [6.45, 7) is 4.24. The molecule has 2 aliphatic rings. The van der Waals surface area contributed by atoms with Crippen LogP contribution in [0.25, 0.3) is 0 Å². The number of amides is 1. The first kappa shape index (κ1) is 20.9. The molecule has 1 unspecified atom stereocenters. The zero-order valence-corrected chi connectivity index (χ0v) is 18.2. The minimum Gasteiger partial charge on any atom is -0.380 e. The summed E-state index contributed by atoms with van der Waals surface area (Å²) in [6.07, 6.45) is 3.71. The number of piperidine rings is 1. The SMILES string of the molecule is Cc1ccc(S(=O)(=O)N2CCCCC2)cc1C(=O)N1CCC(Nc2ccccc2)C1. The summed E-state index contributed by atoms with van der Waals surface area (Å²) in [5.74, 6) is -0.0967. The molecular weight excluding hydrogens is 398 g/mol. The van der Waals surface area contributed by atoms with E-state index in [0.717, 1.165) is 36.9 Å². The largest absolute Gasteiger partial charge is 0.380 e. The van der Waals surface area contributed by atoms with Crippen molar-refractivity contribution in [1.29, 1.82) is 0 Å². The number of rotatable bonds is 5. The van der Waals surface area contributed by atoms with E-state index in [9.17, 15) is 13.2 Å². The maximum absolute atomic E-state index is 13.2. The van der Waals surface area contributed by atoms with Crippen LogP contribution in [0.3, 0.4) is 0 Å². The molecule has 0 aliphatic carbocycles. The summed E-state index contributed by atoms with van der Waals surface area (Å²) in [5, 5.41) is 3.47. The lowest BCUT2D eigenvalue weighted by atomic mass is 10.1. The first-order chi connectivity index (χ1) is 14.4. The van der Waals surface area contributed by atoms with Crippen molar-refractivity contribution in [2.24, 2.45) is 0 Å². The molecule has 2 saturated heterocycles. The normalized spacial score (nSPS) is 20.3. The van der Waals surface area contributed by atoms with E-state index in [1.54, 1.807) is 22.5 Å². The number of hydrogen-bond acceptors (Lipinski definition) is 4. The van der Waals surface area contributed by atoms with E-state index in [1.165, 1.54) is 0 Å². The molecule has 2 aromatic carbocycles. The standard InChI is InChI=1S/C23H29N3O3S/c1-18-10-11-21(30(28,29)26-13-6-3-7-14-26)16-22(18)23(27)25-15-12-20(17-25)24-19-8-4-2-5-9-19/h2,4-5,8-11,16,20,24H,3,6-7,12-15,17H2,1H3. The van der Waals surface area contributed by atoms with E-state index in [2.05, 4.69) is 5.32 Å². The molecule has 6 nitrogen and oxygen atoms in total. The predicted octanol–water partition coefficient (Wildman–Crippen LogP) is 3.50. The number of carbonyl (C=O) groups excluding carboxylic acids is 1. The molecule has 1 N–H and O–H groups in total. The van der Waals surface area contributed by atoms with Crippen molar-refractivity contribution in [1.82, 2.24) is 9.21 Å². The third-order valence-corrected chi connectivity index (χ3v) is 7.91. The molecule has 2 fully saturated rings. The van der Waals surface area contributed by atoms with Gasteiger partial charge in [0, 0.05) is 43.5 Å². The van der Waals surface area contributed by atoms with E-state index >= 15 is 0 Å². The van der Waals surface area contributed by atoms with E-state index in [1.807, 2.05) is 42.2 Å². The van der Waals surface area contributed by atoms with Gasteiger partial charge in [0.2, 0.25) is 10.0 Å². The van der Waals surface area contributed by atoms with Crippen LogP contribution in [0.4, 0.5) is 5.69 Å². The van der Waals surface area contributed by atoms with Gasteiger partial charge in [-0.1, -0.05) is 30.7 Å². The number of sulfonamides is 1. The maximum Gasteiger partial charge on any atom is 0.254 e. The van der Waals surface area contributed by atoms with Gasteiger partial charge in [-0.05, 0) is 56.0 Å². The highest BCUT2D eigenvalue weighted by Gasteiger charge is 2.30. The average Bonchev–Trinajstić information content (AvgIpc) is 3.23. The van der Waals surface area contributed by atoms with Gasteiger partial charge in [-0.2, -0.15) is 4.31 Å². The van der Waals surface area contributed by atoms with Gasteiger partial charge in [0.15, 0.2) is 0 Å². The Morgan fingerprint density at radius 1 is 1.00 bits per heavy atom. The first-order valence-corrected chi connectivity index (χ1v) is 12.1. The van der Waals surface area contributed by atoms with Crippen LogP contribution in [0.2, 0.25) is 0 Å². The summed E-state index contributed by atoms with van der Waals surface area (Å²) in [6, 6.07) is 15.1. The quantitative estimate of drug-likeness (QED) is 0.793. The Hall–Kier alpha value is -2.38. The molecule has 30 heavy (non-hydrogen) atoms. The van der Waals surface area contributed by atoms with Crippen molar-refractivity contribution in [3.8, 4) is 0 Å². The van der Waals surface area contributed by atoms with Crippen molar-refractivity contribution in [2.75, 3.05) is 31.5 Å². The van der Waals surface area contributed by atoms with Crippen LogP contribution in [-0.4, -0.2) is 55.8 Å². The van der Waals surface area contributed by atoms with Gasteiger partial charge >= 0.3 is 0 Å². The molecule has 2 aliphatic heterocycles. The van der Waals surface area contributed by atoms with Gasteiger partial charge in [-0.3, -0.25) is 4.79 Å². The number of hydrogen-bond donors (Lipinski definition) is 1. The average molecular weight is 428 g/mol. The van der Waals surface area contributed by atoms with Crippen LogP contribution in [-0.2, 0) is 10.0 Å². The van der Waals surface area contributed by atoms with Crippen LogP contribution in [0.5, 0.6) is 0 Å². The highest BCUT2D eigenvalue weighted by Crippen LogP contribution is 2.25. The van der Waals surface area contributed by atoms with Gasteiger partial charge < -0.3 is 10.2 Å². The maximum atomic E-state index is 13.2. The van der Waals surface area contributed by atoms with Crippen molar-refractivity contribution < 1.29 is 13.2 Å². The Morgan fingerprint density at radius 3 is 2.47 bits per heavy atom. The van der Waals surface area contributed by atoms with Crippen molar-refractivity contribution >= 4 is 21.6 Å². The van der Waals surface area contributed by atoms with E-state index in [4.69, 9.17) is 0 Å². The third-order valence-electron chi connectivity index (χ3n) is 6.01. The zero-order chi connectivity index (χ0) is 21.1. The molecule has 0 bridgehead atoms. The lowest BCUT2D eigenvalue weighted by Gasteiger charge is -2.26. The second-order valence-electron chi connectivity index (χ2n) is 8.19. The molecule has 0 spiro atoms. The fourth-order valence-corrected chi connectivity index (χ4v) is 5.79. The third kappa shape index (κ3) is 4.37. The number of nitrogens with one attached hydrogen (secondary N) is 1. The second-order valence-corrected chi connectivity index (χ2v) is 10.1. The molecular formula is C23H29N3O3S. The number of para-hydroxylation sites is 1. The first-order valence-electron chi connectivity index (χ1n) is 10.7. The molecule has 1 atom stereocenters. The molecule has 4 rings (SSSR count). The fraction of sp³-hybridized carbons (Fsp3) is 0.435. The molecule has 0 aromatic heterocycles. The minimum atomic E-state index is -3.56. The number of benzene rings is 2. The van der Waals surface area contributed by atoms with Crippen molar-refractivity contribution in [2.45, 2.75) is 43.5 Å². The molecule has 0 saturated carbocycles. The summed E-state index contributed by atoms with van der Waals surface area (Å²) in [5.41, 5.74) is 2.33. The highest BCUT2D eigenvalue weighted by atomic mass is 32.2. The summed E-state index contributed by atoms with van der Waals surface area (Å²) in [4.78, 5) is 15.2. The molecule has 1 amide bonds. The van der Waals surface area contributed by atoms with Gasteiger partial charge in [0.25, 0.3) is 5.91 Å². The lowest BCUT2D eigenvalue weighted by Crippen LogP contribution is -2.36. The highest BCUT2D eigenvalue weighted by molar-refractivity contribution is 7.89. The van der Waals surface area contributed by atoms with Gasteiger partial charge in [-0.15, -0.1) is 0 Å². The molecule has 160 valence electrons. The molecule has 0 radical (unpaired) electrons. The number of nitrogens with zero attached hydrogens (tertiary/aromatic N) is 2. The number of likely N-dealkylation sites (tertiary alicyclic amines) is 1.